The van der Waals surface area contributed by atoms with Crippen LogP contribution in [0.1, 0.15) is 56.0 Å². The lowest BCUT2D eigenvalue weighted by molar-refractivity contribution is 0.0407. The highest BCUT2D eigenvalue weighted by Crippen LogP contribution is 2.34. The van der Waals surface area contributed by atoms with Crippen LogP contribution in [-0.2, 0) is 0 Å². The van der Waals surface area contributed by atoms with Crippen LogP contribution in [0.2, 0.25) is 0 Å². The van der Waals surface area contributed by atoms with Gasteiger partial charge in [0.2, 0.25) is 0 Å². The van der Waals surface area contributed by atoms with Crippen molar-refractivity contribution in [3.8, 4) is 10.4 Å². The SMILES string of the molecule is Cc1nc(C(=O)N2CC(C)CCC2CN2C(=O)c3ccccc3C2=O)c(-c2cccc(F)c2)s1. The molecule has 5 rings (SSSR count). The number of carbonyl (C=O) groups excluding carboxylic acids is 3. The van der Waals surface area contributed by atoms with Gasteiger partial charge in [-0.15, -0.1) is 11.3 Å². The fraction of sp³-hybridized carbons (Fsp3) is 0.308. The number of nitrogens with zero attached hydrogens (tertiary/aromatic N) is 3. The second-order valence-corrected chi connectivity index (χ2v) is 10.2. The van der Waals surface area contributed by atoms with Gasteiger partial charge in [0.15, 0.2) is 0 Å². The Balaban J connectivity index is 1.45. The van der Waals surface area contributed by atoms with Crippen LogP contribution in [0.15, 0.2) is 48.5 Å². The molecule has 2 aliphatic heterocycles. The predicted octanol–water partition coefficient (Wildman–Crippen LogP) is 4.79. The highest BCUT2D eigenvalue weighted by atomic mass is 32.1. The maximum Gasteiger partial charge on any atom is 0.274 e. The standard InChI is InChI=1S/C26H24FN3O3S/c1-15-10-11-19(14-30-24(31)20-8-3-4-9-21(20)25(30)32)29(13-15)26(33)22-23(34-16(2)28-22)17-6-5-7-18(27)12-17/h3-9,12,15,19H,10-11,13-14H2,1-2H3. The van der Waals surface area contributed by atoms with E-state index in [9.17, 15) is 18.8 Å². The number of amides is 3. The molecule has 0 aliphatic carbocycles. The summed E-state index contributed by atoms with van der Waals surface area (Å²) in [6, 6.07) is 12.6. The van der Waals surface area contributed by atoms with Crippen LogP contribution in [0, 0.1) is 18.7 Å². The molecular weight excluding hydrogens is 453 g/mol. The molecule has 2 atom stereocenters. The summed E-state index contributed by atoms with van der Waals surface area (Å²) in [5.41, 5.74) is 1.70. The van der Waals surface area contributed by atoms with Crippen molar-refractivity contribution in [1.29, 1.82) is 0 Å². The zero-order valence-electron chi connectivity index (χ0n) is 19.0. The number of aromatic nitrogens is 1. The molecule has 2 unspecified atom stereocenters. The first-order chi connectivity index (χ1) is 16.3. The number of aryl methyl sites for hydroxylation is 1. The Hall–Kier alpha value is -3.39. The molecule has 1 aromatic heterocycles. The Bertz CT molecular complexity index is 1270. The van der Waals surface area contributed by atoms with Gasteiger partial charge >= 0.3 is 0 Å². The first-order valence-corrected chi connectivity index (χ1v) is 12.1. The molecule has 34 heavy (non-hydrogen) atoms. The van der Waals surface area contributed by atoms with E-state index in [-0.39, 0.29) is 47.7 Å². The van der Waals surface area contributed by atoms with Crippen molar-refractivity contribution >= 4 is 29.1 Å². The van der Waals surface area contributed by atoms with Crippen LogP contribution >= 0.6 is 11.3 Å². The molecule has 3 aromatic rings. The summed E-state index contributed by atoms with van der Waals surface area (Å²) in [6.07, 6.45) is 1.57. The summed E-state index contributed by atoms with van der Waals surface area (Å²) in [4.78, 5) is 47.8. The van der Waals surface area contributed by atoms with Crippen molar-refractivity contribution in [1.82, 2.24) is 14.8 Å². The molecule has 0 N–H and O–H groups in total. The van der Waals surface area contributed by atoms with E-state index in [1.165, 1.54) is 28.4 Å². The number of piperidine rings is 1. The molecule has 3 heterocycles. The normalized spacial score (nSPS) is 20.1. The summed E-state index contributed by atoms with van der Waals surface area (Å²) in [5, 5.41) is 0.713. The molecule has 2 aliphatic rings. The largest absolute Gasteiger partial charge is 0.332 e. The smallest absolute Gasteiger partial charge is 0.274 e. The average molecular weight is 478 g/mol. The number of thiazole rings is 1. The lowest BCUT2D eigenvalue weighted by Crippen LogP contribution is -2.52. The molecule has 0 saturated carbocycles. The van der Waals surface area contributed by atoms with Gasteiger partial charge in [-0.1, -0.05) is 31.2 Å². The van der Waals surface area contributed by atoms with Crippen molar-refractivity contribution < 1.29 is 18.8 Å². The Labute approximate surface area is 201 Å². The van der Waals surface area contributed by atoms with Gasteiger partial charge in [0.25, 0.3) is 17.7 Å². The topological polar surface area (TPSA) is 70.6 Å². The number of rotatable bonds is 4. The van der Waals surface area contributed by atoms with E-state index >= 15 is 0 Å². The number of halogens is 1. The number of fused-ring (bicyclic) bond motifs is 1. The number of benzene rings is 2. The van der Waals surface area contributed by atoms with E-state index in [4.69, 9.17) is 0 Å². The summed E-state index contributed by atoms with van der Waals surface area (Å²) in [7, 11) is 0. The lowest BCUT2D eigenvalue weighted by atomic mass is 9.93. The van der Waals surface area contributed by atoms with Crippen molar-refractivity contribution in [3.05, 3.63) is 76.2 Å². The summed E-state index contributed by atoms with van der Waals surface area (Å²) < 4.78 is 13.9. The summed E-state index contributed by atoms with van der Waals surface area (Å²) in [5.74, 6) is -0.998. The predicted molar refractivity (Wildman–Crippen MR) is 127 cm³/mol. The zero-order chi connectivity index (χ0) is 24.0. The van der Waals surface area contributed by atoms with E-state index in [0.29, 0.717) is 39.5 Å². The maximum absolute atomic E-state index is 13.9. The first kappa shape index (κ1) is 22.4. The Kier molecular flexibility index (Phi) is 5.77. The number of likely N-dealkylation sites (tertiary alicyclic amines) is 1. The van der Waals surface area contributed by atoms with Crippen LogP contribution in [0.25, 0.3) is 10.4 Å². The maximum atomic E-state index is 13.9. The van der Waals surface area contributed by atoms with E-state index in [0.717, 1.165) is 6.42 Å². The molecule has 174 valence electrons. The number of hydrogen-bond acceptors (Lipinski definition) is 5. The molecule has 1 fully saturated rings. The van der Waals surface area contributed by atoms with Crippen molar-refractivity contribution in [2.24, 2.45) is 5.92 Å². The van der Waals surface area contributed by atoms with E-state index in [1.807, 2.05) is 6.92 Å². The van der Waals surface area contributed by atoms with Gasteiger partial charge in [-0.2, -0.15) is 0 Å². The molecule has 8 heteroatoms. The third-order valence-electron chi connectivity index (χ3n) is 6.50. The van der Waals surface area contributed by atoms with Gasteiger partial charge in [0.1, 0.15) is 11.5 Å². The van der Waals surface area contributed by atoms with Crippen LogP contribution < -0.4 is 0 Å². The highest BCUT2D eigenvalue weighted by Gasteiger charge is 2.40. The minimum atomic E-state index is -0.378. The third-order valence-corrected chi connectivity index (χ3v) is 7.52. The molecular formula is C26H24FN3O3S. The lowest BCUT2D eigenvalue weighted by Gasteiger charge is -2.39. The highest BCUT2D eigenvalue weighted by molar-refractivity contribution is 7.15. The molecule has 0 radical (unpaired) electrons. The fourth-order valence-corrected chi connectivity index (χ4v) is 5.70. The Morgan fingerprint density at radius 1 is 1.09 bits per heavy atom. The summed E-state index contributed by atoms with van der Waals surface area (Å²) >= 11 is 1.35. The monoisotopic (exact) mass is 477 g/mol. The van der Waals surface area contributed by atoms with Crippen LogP contribution in [-0.4, -0.2) is 51.6 Å². The van der Waals surface area contributed by atoms with Crippen molar-refractivity contribution in [3.63, 3.8) is 0 Å². The number of carbonyl (C=O) groups is 3. The molecule has 0 spiro atoms. The van der Waals surface area contributed by atoms with E-state index < -0.39 is 0 Å². The van der Waals surface area contributed by atoms with Crippen LogP contribution in [0.4, 0.5) is 4.39 Å². The second kappa shape index (κ2) is 8.76. The number of imide groups is 1. The minimum absolute atomic E-state index is 0.142. The Morgan fingerprint density at radius 2 is 1.79 bits per heavy atom. The van der Waals surface area contributed by atoms with Gasteiger partial charge in [-0.3, -0.25) is 19.3 Å². The molecule has 6 nitrogen and oxygen atoms in total. The van der Waals surface area contributed by atoms with Gasteiger partial charge in [0.05, 0.1) is 27.1 Å². The van der Waals surface area contributed by atoms with E-state index in [1.54, 1.807) is 41.3 Å². The number of hydrogen-bond donors (Lipinski definition) is 0. The van der Waals surface area contributed by atoms with Gasteiger partial charge in [-0.25, -0.2) is 9.37 Å². The van der Waals surface area contributed by atoms with Crippen molar-refractivity contribution in [2.45, 2.75) is 32.7 Å². The van der Waals surface area contributed by atoms with Gasteiger partial charge < -0.3 is 4.90 Å². The molecule has 0 bridgehead atoms. The van der Waals surface area contributed by atoms with Crippen LogP contribution in [0.5, 0.6) is 0 Å². The van der Waals surface area contributed by atoms with Crippen LogP contribution in [0.3, 0.4) is 0 Å². The minimum Gasteiger partial charge on any atom is -0.332 e. The average Bonchev–Trinajstić information content (AvgIpc) is 3.33. The third kappa shape index (κ3) is 3.92. The first-order valence-electron chi connectivity index (χ1n) is 11.3. The molecule has 1 saturated heterocycles. The molecule has 3 amide bonds. The van der Waals surface area contributed by atoms with E-state index in [2.05, 4.69) is 11.9 Å². The quantitative estimate of drug-likeness (QED) is 0.507. The fourth-order valence-electron chi connectivity index (χ4n) is 4.80. The summed E-state index contributed by atoms with van der Waals surface area (Å²) in [6.45, 7) is 4.55. The van der Waals surface area contributed by atoms with Gasteiger partial charge in [-0.05, 0) is 55.5 Å². The van der Waals surface area contributed by atoms with Gasteiger partial charge in [0, 0.05) is 13.1 Å². The van der Waals surface area contributed by atoms with Crippen molar-refractivity contribution in [2.75, 3.05) is 13.1 Å². The second-order valence-electron chi connectivity index (χ2n) is 8.98. The molecule has 2 aromatic carbocycles. The Morgan fingerprint density at radius 3 is 2.47 bits per heavy atom. The zero-order valence-corrected chi connectivity index (χ0v) is 19.8.